The Bertz CT molecular complexity index is 518. The van der Waals surface area contributed by atoms with Gasteiger partial charge in [-0.3, -0.25) is 4.79 Å². The van der Waals surface area contributed by atoms with Gasteiger partial charge in [0.15, 0.2) is 0 Å². The predicted octanol–water partition coefficient (Wildman–Crippen LogP) is 2.01. The number of benzene rings is 1. The van der Waals surface area contributed by atoms with Crippen LogP contribution in [-0.4, -0.2) is 30.0 Å². The van der Waals surface area contributed by atoms with E-state index in [2.05, 4.69) is 23.4 Å². The second-order valence-electron chi connectivity index (χ2n) is 5.01. The highest BCUT2D eigenvalue weighted by Gasteiger charge is 2.36. The van der Waals surface area contributed by atoms with Crippen LogP contribution >= 0.6 is 11.8 Å². The summed E-state index contributed by atoms with van der Waals surface area (Å²) in [6, 6.07) is 7.32. The van der Waals surface area contributed by atoms with Gasteiger partial charge in [0.05, 0.1) is 6.54 Å². The van der Waals surface area contributed by atoms with E-state index in [0.29, 0.717) is 12.1 Å². The molecule has 1 aromatic carbocycles. The summed E-state index contributed by atoms with van der Waals surface area (Å²) in [5.74, 6) is 5.73. The van der Waals surface area contributed by atoms with E-state index >= 15 is 0 Å². The predicted molar refractivity (Wildman–Crippen MR) is 84.8 cm³/mol. The summed E-state index contributed by atoms with van der Waals surface area (Å²) in [6.45, 7) is 1.10. The Hall–Kier alpha value is -1.44. The van der Waals surface area contributed by atoms with Crippen molar-refractivity contribution in [3.63, 3.8) is 0 Å². The molecule has 1 fully saturated rings. The first kappa shape index (κ1) is 15.0. The summed E-state index contributed by atoms with van der Waals surface area (Å²) in [5.41, 5.74) is 6.89. The van der Waals surface area contributed by atoms with Crippen LogP contribution in [-0.2, 0) is 0 Å². The van der Waals surface area contributed by atoms with Crippen molar-refractivity contribution in [2.75, 3.05) is 19.3 Å². The molecule has 3 N–H and O–H groups in total. The quantitative estimate of drug-likeness (QED) is 0.833. The molecular weight excluding hydrogens is 268 g/mol. The third-order valence-corrected chi connectivity index (χ3v) is 5.17. The van der Waals surface area contributed by atoms with Crippen LogP contribution in [0.4, 0.5) is 0 Å². The third kappa shape index (κ3) is 3.56. The zero-order valence-electron chi connectivity index (χ0n) is 11.7. The van der Waals surface area contributed by atoms with Crippen LogP contribution < -0.4 is 11.1 Å². The van der Waals surface area contributed by atoms with Crippen LogP contribution in [0.1, 0.15) is 35.2 Å². The van der Waals surface area contributed by atoms with Crippen molar-refractivity contribution < 1.29 is 4.79 Å². The molecule has 1 saturated carbocycles. The molecule has 0 unspecified atom stereocenters. The molecule has 0 aromatic heterocycles. The summed E-state index contributed by atoms with van der Waals surface area (Å²) in [7, 11) is 0. The van der Waals surface area contributed by atoms with Gasteiger partial charge in [0, 0.05) is 22.4 Å². The molecule has 0 saturated heterocycles. The Morgan fingerprint density at radius 1 is 1.40 bits per heavy atom. The molecule has 106 valence electrons. The summed E-state index contributed by atoms with van der Waals surface area (Å²) < 4.78 is 0.266. The lowest BCUT2D eigenvalue weighted by Gasteiger charge is -2.40. The standard InChI is InChI=1S/C16H20N2OS/c1-20-16(9-3-10-16)12-18-15(19)14-7-5-13(6-8-14)4-2-11-17/h5-8H,3,9-12,17H2,1H3,(H,18,19). The molecule has 20 heavy (non-hydrogen) atoms. The molecule has 0 bridgehead atoms. The Kier molecular flexibility index (Phi) is 5.11. The minimum atomic E-state index is -0.0105. The van der Waals surface area contributed by atoms with Crippen molar-refractivity contribution in [2.45, 2.75) is 24.0 Å². The van der Waals surface area contributed by atoms with Gasteiger partial charge in [-0.1, -0.05) is 18.3 Å². The van der Waals surface area contributed by atoms with E-state index < -0.39 is 0 Å². The monoisotopic (exact) mass is 288 g/mol. The second kappa shape index (κ2) is 6.83. The minimum Gasteiger partial charge on any atom is -0.351 e. The first-order chi connectivity index (χ1) is 9.69. The molecule has 0 radical (unpaired) electrons. The molecular formula is C16H20N2OS. The molecule has 0 atom stereocenters. The Labute approximate surface area is 124 Å². The fraction of sp³-hybridized carbons (Fsp3) is 0.438. The van der Waals surface area contributed by atoms with Crippen LogP contribution in [0.3, 0.4) is 0 Å². The largest absolute Gasteiger partial charge is 0.351 e. The molecule has 1 aromatic rings. The molecule has 0 spiro atoms. The van der Waals surface area contributed by atoms with Crippen molar-refractivity contribution in [2.24, 2.45) is 5.73 Å². The lowest BCUT2D eigenvalue weighted by Crippen LogP contribution is -2.45. The van der Waals surface area contributed by atoms with E-state index in [1.807, 2.05) is 36.0 Å². The SMILES string of the molecule is CSC1(CNC(=O)c2ccc(C#CCN)cc2)CCC1. The maximum Gasteiger partial charge on any atom is 0.251 e. The number of hydrogen-bond acceptors (Lipinski definition) is 3. The first-order valence-electron chi connectivity index (χ1n) is 6.81. The van der Waals surface area contributed by atoms with Crippen molar-refractivity contribution in [3.8, 4) is 11.8 Å². The molecule has 1 aliphatic rings. The van der Waals surface area contributed by atoms with Gasteiger partial charge in [-0.15, -0.1) is 0 Å². The van der Waals surface area contributed by atoms with E-state index in [4.69, 9.17) is 5.73 Å². The topological polar surface area (TPSA) is 55.1 Å². The van der Waals surface area contributed by atoms with Gasteiger partial charge < -0.3 is 11.1 Å². The molecule has 1 aliphatic carbocycles. The van der Waals surface area contributed by atoms with Crippen molar-refractivity contribution in [1.29, 1.82) is 0 Å². The highest BCUT2D eigenvalue weighted by molar-refractivity contribution is 8.00. The zero-order chi connectivity index (χ0) is 14.4. The van der Waals surface area contributed by atoms with E-state index in [9.17, 15) is 4.79 Å². The van der Waals surface area contributed by atoms with Crippen molar-refractivity contribution in [3.05, 3.63) is 35.4 Å². The average molecular weight is 288 g/mol. The van der Waals surface area contributed by atoms with Crippen LogP contribution in [0.15, 0.2) is 24.3 Å². The fourth-order valence-corrected chi connectivity index (χ4v) is 3.14. The number of nitrogens with two attached hydrogens (primary N) is 1. The molecule has 2 rings (SSSR count). The summed E-state index contributed by atoms with van der Waals surface area (Å²) >= 11 is 1.86. The summed E-state index contributed by atoms with van der Waals surface area (Å²) in [4.78, 5) is 12.1. The number of carbonyl (C=O) groups excluding carboxylic acids is 1. The Balaban J connectivity index is 1.92. The summed E-state index contributed by atoms with van der Waals surface area (Å²) in [5, 5.41) is 3.04. The van der Waals surface area contributed by atoms with E-state index in [1.54, 1.807) is 0 Å². The van der Waals surface area contributed by atoms with E-state index in [1.165, 1.54) is 19.3 Å². The zero-order valence-corrected chi connectivity index (χ0v) is 12.6. The number of amides is 1. The average Bonchev–Trinajstić information content (AvgIpc) is 2.45. The molecule has 0 heterocycles. The van der Waals surface area contributed by atoms with Crippen LogP contribution in [0.2, 0.25) is 0 Å². The Morgan fingerprint density at radius 3 is 2.60 bits per heavy atom. The highest BCUT2D eigenvalue weighted by Crippen LogP contribution is 2.42. The van der Waals surface area contributed by atoms with Crippen LogP contribution in [0.5, 0.6) is 0 Å². The molecule has 0 aliphatic heterocycles. The van der Waals surface area contributed by atoms with Gasteiger partial charge in [0.1, 0.15) is 0 Å². The summed E-state index contributed by atoms with van der Waals surface area (Å²) in [6.07, 6.45) is 5.78. The van der Waals surface area contributed by atoms with E-state index in [0.717, 1.165) is 12.1 Å². The van der Waals surface area contributed by atoms with Crippen molar-refractivity contribution >= 4 is 17.7 Å². The number of nitrogens with one attached hydrogen (secondary N) is 1. The van der Waals surface area contributed by atoms with Gasteiger partial charge in [0.2, 0.25) is 0 Å². The number of hydrogen-bond donors (Lipinski definition) is 2. The van der Waals surface area contributed by atoms with Gasteiger partial charge in [-0.05, 0) is 43.4 Å². The van der Waals surface area contributed by atoms with Gasteiger partial charge >= 0.3 is 0 Å². The second-order valence-corrected chi connectivity index (χ2v) is 6.28. The lowest BCUT2D eigenvalue weighted by atomic mass is 9.84. The van der Waals surface area contributed by atoms with Crippen LogP contribution in [0, 0.1) is 11.8 Å². The fourth-order valence-electron chi connectivity index (χ4n) is 2.23. The minimum absolute atomic E-state index is 0.0105. The first-order valence-corrected chi connectivity index (χ1v) is 8.04. The molecule has 4 heteroatoms. The van der Waals surface area contributed by atoms with Crippen LogP contribution in [0.25, 0.3) is 0 Å². The van der Waals surface area contributed by atoms with Crippen molar-refractivity contribution in [1.82, 2.24) is 5.32 Å². The maximum atomic E-state index is 12.1. The van der Waals surface area contributed by atoms with E-state index in [-0.39, 0.29) is 10.7 Å². The third-order valence-electron chi connectivity index (χ3n) is 3.75. The van der Waals surface area contributed by atoms with Gasteiger partial charge in [0.25, 0.3) is 5.91 Å². The highest BCUT2D eigenvalue weighted by atomic mass is 32.2. The normalized spacial score (nSPS) is 15.7. The smallest absolute Gasteiger partial charge is 0.251 e. The molecule has 1 amide bonds. The number of rotatable bonds is 4. The number of thioether (sulfide) groups is 1. The lowest BCUT2D eigenvalue weighted by molar-refractivity contribution is 0.0944. The number of carbonyl (C=O) groups is 1. The Morgan fingerprint density at radius 2 is 2.10 bits per heavy atom. The van der Waals surface area contributed by atoms with Gasteiger partial charge in [-0.2, -0.15) is 11.8 Å². The molecule has 3 nitrogen and oxygen atoms in total. The maximum absolute atomic E-state index is 12.1. The van der Waals surface area contributed by atoms with Gasteiger partial charge in [-0.25, -0.2) is 0 Å².